The van der Waals surface area contributed by atoms with Crippen molar-refractivity contribution in [3.63, 3.8) is 0 Å². The lowest BCUT2D eigenvalue weighted by molar-refractivity contribution is -0.207. The fraction of sp³-hybridized carbons (Fsp3) is 0.682. The van der Waals surface area contributed by atoms with Crippen LogP contribution in [0.1, 0.15) is 44.9 Å². The first-order valence-corrected chi connectivity index (χ1v) is 12.3. The van der Waals surface area contributed by atoms with Crippen molar-refractivity contribution in [2.24, 2.45) is 29.1 Å². The Hall–Kier alpha value is -1.47. The maximum atomic E-state index is 14.0. The summed E-state index contributed by atoms with van der Waals surface area (Å²) in [5.41, 5.74) is 0.446. The molecule has 6 rings (SSSR count). The molecule has 5 nitrogen and oxygen atoms in total. The summed E-state index contributed by atoms with van der Waals surface area (Å²) in [4.78, 5) is 12.6. The van der Waals surface area contributed by atoms with Gasteiger partial charge in [-0.2, -0.15) is 4.31 Å². The maximum absolute atomic E-state index is 14.0. The summed E-state index contributed by atoms with van der Waals surface area (Å²) in [6.45, 7) is 0.631. The van der Waals surface area contributed by atoms with Gasteiger partial charge in [-0.25, -0.2) is 12.8 Å². The summed E-state index contributed by atoms with van der Waals surface area (Å²) in [7, 11) is -3.85. The van der Waals surface area contributed by atoms with Gasteiger partial charge >= 0.3 is 0 Å². The molecule has 4 aliphatic carbocycles. The normalized spacial score (nSPS) is 42.2. The largest absolute Gasteiger partial charge is 0.350 e. The van der Waals surface area contributed by atoms with Gasteiger partial charge < -0.3 is 5.32 Å². The zero-order valence-electron chi connectivity index (χ0n) is 16.4. The maximum Gasteiger partial charge on any atom is 0.245 e. The molecule has 156 valence electrons. The number of nitrogens with zero attached hydrogens (tertiary/aromatic N) is 1. The highest BCUT2D eigenvalue weighted by Gasteiger charge is 2.80. The number of carbonyl (C=O) groups excluding carboxylic acids is 1. The highest BCUT2D eigenvalue weighted by atomic mass is 32.2. The van der Waals surface area contributed by atoms with E-state index in [1.165, 1.54) is 47.8 Å². The smallest absolute Gasteiger partial charge is 0.245 e. The van der Waals surface area contributed by atoms with E-state index < -0.39 is 15.8 Å². The zero-order valence-corrected chi connectivity index (χ0v) is 17.3. The van der Waals surface area contributed by atoms with Gasteiger partial charge in [-0.15, -0.1) is 0 Å². The summed E-state index contributed by atoms with van der Waals surface area (Å²) in [6.07, 6.45) is 7.32. The molecule has 1 amide bonds. The molecule has 1 aromatic rings. The average molecular weight is 419 g/mol. The number of benzene rings is 1. The van der Waals surface area contributed by atoms with Crippen LogP contribution < -0.4 is 5.32 Å². The lowest BCUT2D eigenvalue weighted by Crippen LogP contribution is -2.76. The van der Waals surface area contributed by atoms with Crippen LogP contribution in [-0.4, -0.2) is 37.3 Å². The minimum atomic E-state index is -3.85. The molecule has 5 fully saturated rings. The molecular formula is C22H27FN2O3S. The van der Waals surface area contributed by atoms with Crippen LogP contribution in [0.3, 0.4) is 0 Å². The number of carbonyl (C=O) groups is 1. The second-order valence-corrected chi connectivity index (χ2v) is 12.1. The molecular weight excluding hydrogens is 391 g/mol. The number of rotatable bonds is 5. The molecule has 1 saturated heterocycles. The second kappa shape index (κ2) is 5.82. The number of halogens is 1. The molecule has 4 saturated carbocycles. The van der Waals surface area contributed by atoms with Gasteiger partial charge in [0.2, 0.25) is 15.9 Å². The van der Waals surface area contributed by atoms with Crippen LogP contribution in [0.2, 0.25) is 0 Å². The Morgan fingerprint density at radius 2 is 2.00 bits per heavy atom. The first-order chi connectivity index (χ1) is 13.8. The number of hydrogen-bond donors (Lipinski definition) is 1. The Labute approximate surface area is 171 Å². The minimum Gasteiger partial charge on any atom is -0.350 e. The van der Waals surface area contributed by atoms with Crippen LogP contribution in [0.4, 0.5) is 4.39 Å². The van der Waals surface area contributed by atoms with Crippen LogP contribution in [0, 0.1) is 34.9 Å². The SMILES string of the molecule is O=C(CC1CCN(S(=O)(=O)c2ccccc2F)C1)NC12CC3C[C@@H]4CC(C1)C42C3. The summed E-state index contributed by atoms with van der Waals surface area (Å²) < 4.78 is 40.9. The summed E-state index contributed by atoms with van der Waals surface area (Å²) in [5.74, 6) is 1.79. The van der Waals surface area contributed by atoms with Gasteiger partial charge in [0.15, 0.2) is 0 Å². The van der Waals surface area contributed by atoms with Crippen LogP contribution in [0.25, 0.3) is 0 Å². The fourth-order valence-electron chi connectivity index (χ4n) is 7.96. The second-order valence-electron chi connectivity index (χ2n) is 10.2. The Kier molecular flexibility index (Phi) is 3.67. The summed E-state index contributed by atoms with van der Waals surface area (Å²) in [6, 6.07) is 5.49. The number of fused-ring (bicyclic) bond motifs is 1. The lowest BCUT2D eigenvalue weighted by atomic mass is 9.35. The molecule has 1 aromatic carbocycles. The van der Waals surface area contributed by atoms with Crippen molar-refractivity contribution in [3.05, 3.63) is 30.1 Å². The van der Waals surface area contributed by atoms with Gasteiger partial charge in [0, 0.05) is 25.0 Å². The highest BCUT2D eigenvalue weighted by molar-refractivity contribution is 7.89. The third-order valence-electron chi connectivity index (χ3n) is 8.95. The lowest BCUT2D eigenvalue weighted by Gasteiger charge is -2.72. The zero-order chi connectivity index (χ0) is 20.0. The van der Waals surface area contributed by atoms with E-state index in [9.17, 15) is 17.6 Å². The van der Waals surface area contributed by atoms with Crippen LogP contribution in [0.15, 0.2) is 29.2 Å². The highest BCUT2D eigenvalue weighted by Crippen LogP contribution is 2.82. The van der Waals surface area contributed by atoms with E-state index >= 15 is 0 Å². The Bertz CT molecular complexity index is 998. The van der Waals surface area contributed by atoms with Crippen molar-refractivity contribution >= 4 is 15.9 Å². The topological polar surface area (TPSA) is 66.5 Å². The van der Waals surface area contributed by atoms with Gasteiger partial charge in [0.25, 0.3) is 0 Å². The van der Waals surface area contributed by atoms with Gasteiger partial charge in [-0.05, 0) is 79.7 Å². The molecule has 1 heterocycles. The molecule has 1 N–H and O–H groups in total. The quantitative estimate of drug-likeness (QED) is 0.800. The predicted molar refractivity (Wildman–Crippen MR) is 105 cm³/mol. The van der Waals surface area contributed by atoms with Gasteiger partial charge in [-0.1, -0.05) is 12.1 Å². The molecule has 0 aromatic heterocycles. The first kappa shape index (κ1) is 18.3. The first-order valence-electron chi connectivity index (χ1n) is 10.9. The van der Waals surface area contributed by atoms with Crippen LogP contribution in [-0.2, 0) is 14.8 Å². The molecule has 1 spiro atoms. The molecule has 2 bridgehead atoms. The van der Waals surface area contributed by atoms with Crippen molar-refractivity contribution in [2.75, 3.05) is 13.1 Å². The van der Waals surface area contributed by atoms with Crippen molar-refractivity contribution < 1.29 is 17.6 Å². The van der Waals surface area contributed by atoms with Crippen molar-refractivity contribution in [1.29, 1.82) is 0 Å². The molecule has 5 aliphatic rings. The standard InChI is InChI=1S/C22H27FN2O3S/c23-18-3-1-2-4-19(18)29(27,28)25-6-5-14(13-25)8-20(26)24-21-10-15-7-16-9-17(12-21)22(16,21)11-15/h1-4,14-17H,5-13H2,(H,24,26)/t14?,15?,16-,17?,21?,22?/m1/s1. The third-order valence-corrected chi connectivity index (χ3v) is 10.8. The van der Waals surface area contributed by atoms with Crippen molar-refractivity contribution in [2.45, 2.75) is 55.4 Å². The third kappa shape index (κ3) is 2.29. The van der Waals surface area contributed by atoms with E-state index in [4.69, 9.17) is 0 Å². The van der Waals surface area contributed by atoms with E-state index in [1.807, 2.05) is 0 Å². The van der Waals surface area contributed by atoms with Gasteiger partial charge in [-0.3, -0.25) is 4.79 Å². The average Bonchev–Trinajstić information content (AvgIpc) is 3.31. The van der Waals surface area contributed by atoms with Gasteiger partial charge in [0.05, 0.1) is 0 Å². The Morgan fingerprint density at radius 3 is 2.76 bits per heavy atom. The molecule has 6 atom stereocenters. The van der Waals surface area contributed by atoms with E-state index in [0.29, 0.717) is 24.8 Å². The monoisotopic (exact) mass is 418 g/mol. The van der Waals surface area contributed by atoms with Crippen molar-refractivity contribution in [1.82, 2.24) is 9.62 Å². The van der Waals surface area contributed by atoms with E-state index in [2.05, 4.69) is 5.32 Å². The van der Waals surface area contributed by atoms with Gasteiger partial charge in [0.1, 0.15) is 10.7 Å². The number of hydrogen-bond acceptors (Lipinski definition) is 3. The molecule has 7 heteroatoms. The minimum absolute atomic E-state index is 0.00269. The molecule has 1 aliphatic heterocycles. The van der Waals surface area contributed by atoms with E-state index in [1.54, 1.807) is 0 Å². The summed E-state index contributed by atoms with van der Waals surface area (Å²) >= 11 is 0. The van der Waals surface area contributed by atoms with Crippen molar-refractivity contribution in [3.8, 4) is 0 Å². The van der Waals surface area contributed by atoms with Crippen LogP contribution in [0.5, 0.6) is 0 Å². The number of sulfonamides is 1. The summed E-state index contributed by atoms with van der Waals surface area (Å²) in [5, 5.41) is 3.43. The Morgan fingerprint density at radius 1 is 1.17 bits per heavy atom. The Balaban J connectivity index is 1.11. The molecule has 0 radical (unpaired) electrons. The van der Waals surface area contributed by atoms with Crippen LogP contribution >= 0.6 is 0 Å². The predicted octanol–water partition coefficient (Wildman–Crippen LogP) is 2.92. The number of nitrogens with one attached hydrogen (secondary N) is 1. The number of amides is 1. The molecule has 29 heavy (non-hydrogen) atoms. The van der Waals surface area contributed by atoms with E-state index in [0.717, 1.165) is 30.6 Å². The fourth-order valence-corrected chi connectivity index (χ4v) is 9.55. The van der Waals surface area contributed by atoms with E-state index in [-0.39, 0.29) is 28.8 Å². The molecule has 5 unspecified atom stereocenters.